The van der Waals surface area contributed by atoms with Gasteiger partial charge in [-0.15, -0.1) is 0 Å². The predicted molar refractivity (Wildman–Crippen MR) is 60.7 cm³/mol. The molecule has 82 valence electrons. The minimum Gasteiger partial charge on any atom is -0.493 e. The molecule has 2 rings (SSSR count). The molecule has 2 heteroatoms. The molecule has 1 aliphatic rings. The largest absolute Gasteiger partial charge is 0.493 e. The molecule has 0 heterocycles. The summed E-state index contributed by atoms with van der Waals surface area (Å²) in [6, 6.07) is 4.25. The van der Waals surface area contributed by atoms with Crippen LogP contribution in [0.5, 0.6) is 11.5 Å². The van der Waals surface area contributed by atoms with Gasteiger partial charge in [-0.3, -0.25) is 0 Å². The number of benzene rings is 1. The number of aryl methyl sites for hydroxylation is 1. The zero-order chi connectivity index (χ0) is 10.8. The Morgan fingerprint density at radius 3 is 2.27 bits per heavy atom. The topological polar surface area (TPSA) is 18.5 Å². The Hall–Kier alpha value is -1.18. The second-order valence-corrected chi connectivity index (χ2v) is 4.32. The van der Waals surface area contributed by atoms with Crippen LogP contribution in [-0.2, 0) is 12.8 Å². The molecule has 0 amide bonds. The van der Waals surface area contributed by atoms with Crippen LogP contribution in [0.25, 0.3) is 0 Å². The van der Waals surface area contributed by atoms with Crippen LogP contribution in [0.4, 0.5) is 0 Å². The standard InChI is InChI=1S/C13H18O2/c1-9-4-5-10-7-12(14-2)13(15-3)8-11(10)6-9/h7-9H,4-6H2,1-3H3/t9-/m0/s1. The van der Waals surface area contributed by atoms with Gasteiger partial charge in [-0.05, 0) is 48.4 Å². The summed E-state index contributed by atoms with van der Waals surface area (Å²) < 4.78 is 10.6. The molecule has 0 fully saturated rings. The lowest BCUT2D eigenvalue weighted by molar-refractivity contribution is 0.352. The molecule has 1 aromatic carbocycles. The lowest BCUT2D eigenvalue weighted by Gasteiger charge is -2.23. The summed E-state index contributed by atoms with van der Waals surface area (Å²) in [6.45, 7) is 2.31. The first-order valence-corrected chi connectivity index (χ1v) is 5.48. The Bertz CT molecular complexity index is 358. The maximum Gasteiger partial charge on any atom is 0.161 e. The zero-order valence-corrected chi connectivity index (χ0v) is 9.67. The van der Waals surface area contributed by atoms with Gasteiger partial charge in [0.15, 0.2) is 11.5 Å². The Kier molecular flexibility index (Phi) is 2.85. The molecule has 0 saturated heterocycles. The lowest BCUT2D eigenvalue weighted by atomic mass is 9.85. The van der Waals surface area contributed by atoms with Gasteiger partial charge in [-0.1, -0.05) is 6.92 Å². The van der Waals surface area contributed by atoms with E-state index in [4.69, 9.17) is 9.47 Å². The Balaban J connectivity index is 2.41. The lowest BCUT2D eigenvalue weighted by Crippen LogP contribution is -2.11. The van der Waals surface area contributed by atoms with E-state index < -0.39 is 0 Å². The molecule has 0 radical (unpaired) electrons. The minimum atomic E-state index is 0.788. The summed E-state index contributed by atoms with van der Waals surface area (Å²) >= 11 is 0. The summed E-state index contributed by atoms with van der Waals surface area (Å²) in [4.78, 5) is 0. The molecular formula is C13H18O2. The maximum absolute atomic E-state index is 5.31. The van der Waals surface area contributed by atoms with E-state index in [0.29, 0.717) is 0 Å². The molecule has 0 bridgehead atoms. The molecule has 1 atom stereocenters. The SMILES string of the molecule is COc1cc2c(cc1OC)C[C@@H](C)CC2. The fraction of sp³-hybridized carbons (Fsp3) is 0.538. The quantitative estimate of drug-likeness (QED) is 0.740. The van der Waals surface area contributed by atoms with Crippen molar-refractivity contribution in [2.45, 2.75) is 26.2 Å². The van der Waals surface area contributed by atoms with Crippen LogP contribution in [-0.4, -0.2) is 14.2 Å². The molecule has 1 aromatic rings. The van der Waals surface area contributed by atoms with Crippen LogP contribution in [0.2, 0.25) is 0 Å². The highest BCUT2D eigenvalue weighted by Crippen LogP contribution is 2.35. The second-order valence-electron chi connectivity index (χ2n) is 4.32. The molecular weight excluding hydrogens is 188 g/mol. The molecule has 0 spiro atoms. The average molecular weight is 206 g/mol. The van der Waals surface area contributed by atoms with Crippen molar-refractivity contribution in [3.8, 4) is 11.5 Å². The molecule has 0 aliphatic heterocycles. The third-order valence-corrected chi connectivity index (χ3v) is 3.18. The van der Waals surface area contributed by atoms with E-state index in [1.807, 2.05) is 0 Å². The van der Waals surface area contributed by atoms with E-state index in [9.17, 15) is 0 Å². The van der Waals surface area contributed by atoms with E-state index in [-0.39, 0.29) is 0 Å². The summed E-state index contributed by atoms with van der Waals surface area (Å²) in [7, 11) is 3.38. The summed E-state index contributed by atoms with van der Waals surface area (Å²) in [5.74, 6) is 2.49. The van der Waals surface area contributed by atoms with Crippen LogP contribution in [0.15, 0.2) is 12.1 Å². The maximum atomic E-state index is 5.31. The van der Waals surface area contributed by atoms with Gasteiger partial charge in [0.05, 0.1) is 14.2 Å². The summed E-state index contributed by atoms with van der Waals surface area (Å²) in [6.07, 6.45) is 3.61. The number of ether oxygens (including phenoxy) is 2. The van der Waals surface area contributed by atoms with Gasteiger partial charge < -0.3 is 9.47 Å². The van der Waals surface area contributed by atoms with Crippen molar-refractivity contribution in [3.63, 3.8) is 0 Å². The Morgan fingerprint density at radius 2 is 1.67 bits per heavy atom. The first-order valence-electron chi connectivity index (χ1n) is 5.48. The molecule has 0 saturated carbocycles. The fourth-order valence-corrected chi connectivity index (χ4v) is 2.27. The normalized spacial score (nSPS) is 19.5. The van der Waals surface area contributed by atoms with Crippen molar-refractivity contribution >= 4 is 0 Å². The van der Waals surface area contributed by atoms with Gasteiger partial charge >= 0.3 is 0 Å². The third-order valence-electron chi connectivity index (χ3n) is 3.18. The average Bonchev–Trinajstić information content (AvgIpc) is 2.27. The van der Waals surface area contributed by atoms with E-state index in [1.54, 1.807) is 14.2 Å². The molecule has 15 heavy (non-hydrogen) atoms. The van der Waals surface area contributed by atoms with Crippen molar-refractivity contribution in [1.29, 1.82) is 0 Å². The van der Waals surface area contributed by atoms with Gasteiger partial charge in [-0.25, -0.2) is 0 Å². The predicted octanol–water partition coefficient (Wildman–Crippen LogP) is 2.83. The van der Waals surface area contributed by atoms with Gasteiger partial charge in [0.1, 0.15) is 0 Å². The summed E-state index contributed by atoms with van der Waals surface area (Å²) in [5, 5.41) is 0. The first kappa shape index (κ1) is 10.3. The first-order chi connectivity index (χ1) is 7.24. The number of rotatable bonds is 2. The van der Waals surface area contributed by atoms with Crippen molar-refractivity contribution in [1.82, 2.24) is 0 Å². The van der Waals surface area contributed by atoms with Crippen molar-refractivity contribution in [3.05, 3.63) is 23.3 Å². The van der Waals surface area contributed by atoms with Gasteiger partial charge in [0.2, 0.25) is 0 Å². The minimum absolute atomic E-state index is 0.788. The van der Waals surface area contributed by atoms with Crippen molar-refractivity contribution in [2.75, 3.05) is 14.2 Å². The molecule has 0 unspecified atom stereocenters. The highest BCUT2D eigenvalue weighted by Gasteiger charge is 2.18. The molecule has 1 aliphatic carbocycles. The molecule has 0 N–H and O–H groups in total. The Morgan fingerprint density at radius 1 is 1.07 bits per heavy atom. The molecule has 0 aromatic heterocycles. The van der Waals surface area contributed by atoms with Crippen LogP contribution in [0.1, 0.15) is 24.5 Å². The van der Waals surface area contributed by atoms with E-state index >= 15 is 0 Å². The van der Waals surface area contributed by atoms with E-state index in [1.165, 1.54) is 17.5 Å². The number of hydrogen-bond donors (Lipinski definition) is 0. The van der Waals surface area contributed by atoms with Gasteiger partial charge in [-0.2, -0.15) is 0 Å². The van der Waals surface area contributed by atoms with Crippen LogP contribution < -0.4 is 9.47 Å². The monoisotopic (exact) mass is 206 g/mol. The second kappa shape index (κ2) is 4.13. The highest BCUT2D eigenvalue weighted by atomic mass is 16.5. The molecule has 2 nitrogen and oxygen atoms in total. The highest BCUT2D eigenvalue weighted by molar-refractivity contribution is 5.48. The van der Waals surface area contributed by atoms with E-state index in [2.05, 4.69) is 19.1 Å². The van der Waals surface area contributed by atoms with Gasteiger partial charge in [0, 0.05) is 0 Å². The van der Waals surface area contributed by atoms with Crippen molar-refractivity contribution < 1.29 is 9.47 Å². The number of hydrogen-bond acceptors (Lipinski definition) is 2. The van der Waals surface area contributed by atoms with Crippen molar-refractivity contribution in [2.24, 2.45) is 5.92 Å². The van der Waals surface area contributed by atoms with E-state index in [0.717, 1.165) is 30.3 Å². The summed E-state index contributed by atoms with van der Waals surface area (Å²) in [5.41, 5.74) is 2.84. The zero-order valence-electron chi connectivity index (χ0n) is 9.67. The van der Waals surface area contributed by atoms with Crippen LogP contribution in [0, 0.1) is 5.92 Å². The number of fused-ring (bicyclic) bond motifs is 1. The van der Waals surface area contributed by atoms with Gasteiger partial charge in [0.25, 0.3) is 0 Å². The smallest absolute Gasteiger partial charge is 0.161 e. The van der Waals surface area contributed by atoms with Crippen LogP contribution in [0.3, 0.4) is 0 Å². The fourth-order valence-electron chi connectivity index (χ4n) is 2.27. The third kappa shape index (κ3) is 1.94. The van der Waals surface area contributed by atoms with Crippen LogP contribution >= 0.6 is 0 Å². The number of methoxy groups -OCH3 is 2. The Labute approximate surface area is 91.2 Å².